The van der Waals surface area contributed by atoms with E-state index in [1.165, 1.54) is 11.1 Å². The van der Waals surface area contributed by atoms with Gasteiger partial charge in [0, 0.05) is 49.9 Å². The number of aromatic nitrogens is 2. The van der Waals surface area contributed by atoms with Gasteiger partial charge < -0.3 is 19.9 Å². The number of hydrogen-bond acceptors (Lipinski definition) is 6. The number of amides is 2. The van der Waals surface area contributed by atoms with E-state index in [0.717, 1.165) is 44.5 Å². The van der Waals surface area contributed by atoms with E-state index in [1.54, 1.807) is 11.1 Å². The number of benzene rings is 1. The fraction of sp³-hybridized carbons (Fsp3) is 0.484. The smallest absolute Gasteiger partial charge is 0.254 e. The average molecular weight is 562 g/mol. The number of nitrogens with one attached hydrogen (secondary N) is 1. The van der Waals surface area contributed by atoms with Crippen molar-refractivity contribution in [3.05, 3.63) is 75.6 Å². The van der Waals surface area contributed by atoms with Crippen LogP contribution in [0.5, 0.6) is 0 Å². The van der Waals surface area contributed by atoms with Gasteiger partial charge in [0.15, 0.2) is 0 Å². The second kappa shape index (κ2) is 11.3. The summed E-state index contributed by atoms with van der Waals surface area (Å²) in [6.45, 7) is 6.86. The molecule has 0 saturated carbocycles. The van der Waals surface area contributed by atoms with Gasteiger partial charge in [-0.25, -0.2) is 9.97 Å². The summed E-state index contributed by atoms with van der Waals surface area (Å²) in [4.78, 5) is 39.8. The van der Waals surface area contributed by atoms with E-state index in [2.05, 4.69) is 54.5 Å². The predicted octanol–water partition coefficient (Wildman–Crippen LogP) is 4.17. The van der Waals surface area contributed by atoms with Crippen LogP contribution < -0.4 is 5.32 Å². The number of halogens is 1. The number of fused-ring (bicyclic) bond motifs is 2. The Kier molecular flexibility index (Phi) is 7.64. The minimum Gasteiger partial charge on any atom is -0.381 e. The molecule has 2 amide bonds. The third-order valence-electron chi connectivity index (χ3n) is 8.68. The van der Waals surface area contributed by atoms with E-state index < -0.39 is 0 Å². The van der Waals surface area contributed by atoms with Gasteiger partial charge in [-0.3, -0.25) is 9.59 Å². The molecular formula is C31H36ClN5O3. The van der Waals surface area contributed by atoms with Crippen LogP contribution >= 0.6 is 11.6 Å². The van der Waals surface area contributed by atoms with Gasteiger partial charge in [0.2, 0.25) is 11.9 Å². The fourth-order valence-electron chi connectivity index (χ4n) is 6.42. The highest BCUT2D eigenvalue weighted by Gasteiger charge is 2.38. The number of nitrogens with zero attached hydrogens (tertiary/aromatic N) is 4. The quantitative estimate of drug-likeness (QED) is 0.590. The molecule has 1 aromatic heterocycles. The van der Waals surface area contributed by atoms with Crippen LogP contribution in [0, 0.1) is 5.92 Å². The van der Waals surface area contributed by atoms with Crippen molar-refractivity contribution < 1.29 is 14.3 Å². The Hall–Kier alpha value is -3.23. The third kappa shape index (κ3) is 5.39. The Morgan fingerprint density at radius 2 is 1.93 bits per heavy atom. The normalized spacial score (nSPS) is 25.1. The van der Waals surface area contributed by atoms with Crippen LogP contribution in [0.2, 0.25) is 5.02 Å². The molecule has 3 aliphatic heterocycles. The van der Waals surface area contributed by atoms with Crippen molar-refractivity contribution in [3.8, 4) is 0 Å². The molecule has 0 radical (unpaired) electrons. The van der Waals surface area contributed by atoms with Gasteiger partial charge in [0.1, 0.15) is 6.54 Å². The zero-order valence-electron chi connectivity index (χ0n) is 23.1. The molecule has 4 aliphatic rings. The van der Waals surface area contributed by atoms with Crippen LogP contribution in [0.3, 0.4) is 0 Å². The van der Waals surface area contributed by atoms with Gasteiger partial charge in [0.05, 0.1) is 16.9 Å². The summed E-state index contributed by atoms with van der Waals surface area (Å²) in [7, 11) is 0. The van der Waals surface area contributed by atoms with E-state index in [4.69, 9.17) is 21.3 Å². The van der Waals surface area contributed by atoms with E-state index in [9.17, 15) is 9.59 Å². The molecule has 4 heterocycles. The first kappa shape index (κ1) is 27.0. The van der Waals surface area contributed by atoms with Crippen molar-refractivity contribution in [1.29, 1.82) is 0 Å². The Labute approximate surface area is 240 Å². The van der Waals surface area contributed by atoms with Crippen LogP contribution in [0.1, 0.15) is 49.4 Å². The largest absolute Gasteiger partial charge is 0.381 e. The highest BCUT2D eigenvalue weighted by atomic mass is 35.5. The number of carbonyl (C=O) groups is 2. The topological polar surface area (TPSA) is 87.7 Å². The first-order valence-electron chi connectivity index (χ1n) is 14.3. The molecule has 1 N–H and O–H groups in total. The summed E-state index contributed by atoms with van der Waals surface area (Å²) >= 11 is 6.59. The monoisotopic (exact) mass is 561 g/mol. The van der Waals surface area contributed by atoms with Gasteiger partial charge in [-0.05, 0) is 55.2 Å². The van der Waals surface area contributed by atoms with Crippen LogP contribution in [0.25, 0.3) is 0 Å². The van der Waals surface area contributed by atoms with Gasteiger partial charge in [-0.15, -0.1) is 0 Å². The minimum absolute atomic E-state index is 0.000718. The van der Waals surface area contributed by atoms with Gasteiger partial charge in [-0.2, -0.15) is 0 Å². The zero-order chi connectivity index (χ0) is 27.8. The van der Waals surface area contributed by atoms with Gasteiger partial charge >= 0.3 is 0 Å². The number of likely N-dealkylation sites (tertiary alicyclic amines) is 1. The van der Waals surface area contributed by atoms with Crippen molar-refractivity contribution in [2.24, 2.45) is 5.92 Å². The summed E-state index contributed by atoms with van der Waals surface area (Å²) in [5.74, 6) is 0.377. The maximum absolute atomic E-state index is 13.5. The molecule has 3 unspecified atom stereocenters. The molecule has 0 bridgehead atoms. The Bertz CT molecular complexity index is 1370. The molecule has 2 fully saturated rings. The molecule has 6 rings (SSSR count). The van der Waals surface area contributed by atoms with E-state index >= 15 is 0 Å². The molecule has 40 heavy (non-hydrogen) atoms. The summed E-state index contributed by atoms with van der Waals surface area (Å²) in [6, 6.07) is 8.76. The molecule has 1 aromatic carbocycles. The van der Waals surface area contributed by atoms with E-state index in [0.29, 0.717) is 35.3 Å². The lowest BCUT2D eigenvalue weighted by Crippen LogP contribution is -2.45. The minimum atomic E-state index is -0.159. The molecule has 1 aliphatic carbocycles. The molecule has 9 heteroatoms. The molecule has 8 nitrogen and oxygen atoms in total. The number of ether oxygens (including phenoxy) is 1. The van der Waals surface area contributed by atoms with Gasteiger partial charge in [-0.1, -0.05) is 54.9 Å². The Morgan fingerprint density at radius 3 is 2.73 bits per heavy atom. The summed E-state index contributed by atoms with van der Waals surface area (Å²) < 4.78 is 5.46. The number of hydrogen-bond donors (Lipinski definition) is 1. The second-order valence-electron chi connectivity index (χ2n) is 11.4. The zero-order valence-corrected chi connectivity index (χ0v) is 23.9. The van der Waals surface area contributed by atoms with Crippen LogP contribution in [0.15, 0.2) is 53.8 Å². The molecule has 3 atom stereocenters. The molecule has 2 saturated heterocycles. The maximum Gasteiger partial charge on any atom is 0.254 e. The lowest BCUT2D eigenvalue weighted by molar-refractivity contribution is -0.138. The highest BCUT2D eigenvalue weighted by molar-refractivity contribution is 6.31. The Balaban J connectivity index is 1.16. The summed E-state index contributed by atoms with van der Waals surface area (Å²) in [5.41, 5.74) is 4.95. The molecule has 210 valence electrons. The van der Waals surface area contributed by atoms with Crippen molar-refractivity contribution in [3.63, 3.8) is 0 Å². The van der Waals surface area contributed by atoms with Crippen molar-refractivity contribution in [2.75, 3.05) is 38.2 Å². The number of allylic oxidation sites excluding steroid dienone is 2. The molecule has 2 aromatic rings. The van der Waals surface area contributed by atoms with E-state index in [-0.39, 0.29) is 42.3 Å². The standard InChI is InChI=1S/C31H36ClN5O3/c1-19-13-23-17-36(18-28(38)37-10-7-21-5-3-4-6-22(21)14-20(37)2)30(39)26(23)15-25(19)29-27(32)16-33-31(35-29)34-24-8-11-40-12-9-24/h3-6,13,15-16,19-20,24-25H,7-12,14,17-18H2,1-2H3,(H,33,34,35). The lowest BCUT2D eigenvalue weighted by Gasteiger charge is -2.29. The average Bonchev–Trinajstić information content (AvgIpc) is 3.12. The van der Waals surface area contributed by atoms with Crippen LogP contribution in [-0.4, -0.2) is 76.5 Å². The van der Waals surface area contributed by atoms with E-state index in [1.807, 2.05) is 11.0 Å². The molecule has 0 spiro atoms. The number of anilines is 1. The first-order chi connectivity index (χ1) is 19.4. The first-order valence-corrected chi connectivity index (χ1v) is 14.7. The summed E-state index contributed by atoms with van der Waals surface area (Å²) in [6.07, 6.45) is 9.24. The van der Waals surface area contributed by atoms with Crippen molar-refractivity contribution >= 4 is 29.4 Å². The predicted molar refractivity (Wildman–Crippen MR) is 154 cm³/mol. The third-order valence-corrected chi connectivity index (χ3v) is 8.97. The number of rotatable bonds is 5. The number of carbonyl (C=O) groups excluding carboxylic acids is 2. The van der Waals surface area contributed by atoms with Crippen molar-refractivity contribution in [2.45, 2.75) is 57.5 Å². The highest BCUT2D eigenvalue weighted by Crippen LogP contribution is 2.40. The fourth-order valence-corrected chi connectivity index (χ4v) is 6.64. The summed E-state index contributed by atoms with van der Waals surface area (Å²) in [5, 5.41) is 3.90. The van der Waals surface area contributed by atoms with Crippen LogP contribution in [-0.2, 0) is 27.2 Å². The second-order valence-corrected chi connectivity index (χ2v) is 11.8. The lowest BCUT2D eigenvalue weighted by atomic mass is 9.82. The molecular weight excluding hydrogens is 526 g/mol. The van der Waals surface area contributed by atoms with Crippen molar-refractivity contribution in [1.82, 2.24) is 19.8 Å². The Morgan fingerprint density at radius 1 is 1.15 bits per heavy atom. The SMILES string of the molecule is CC1C=C2CN(CC(=O)N3CCc4ccccc4CC3C)C(=O)C2=CC1c1nc(NC2CCOCC2)ncc1Cl. The van der Waals surface area contributed by atoms with Crippen LogP contribution in [0.4, 0.5) is 5.95 Å². The maximum atomic E-state index is 13.5. The van der Waals surface area contributed by atoms with Gasteiger partial charge in [0.25, 0.3) is 5.91 Å².